The van der Waals surface area contributed by atoms with Gasteiger partial charge in [-0.1, -0.05) is 42.5 Å². The molecule has 27 heavy (non-hydrogen) atoms. The van der Waals surface area contributed by atoms with Crippen LogP contribution in [-0.4, -0.2) is 9.97 Å². The Kier molecular flexibility index (Phi) is 4.93. The third kappa shape index (κ3) is 4.04. The van der Waals surface area contributed by atoms with Crippen LogP contribution in [0.1, 0.15) is 11.3 Å². The summed E-state index contributed by atoms with van der Waals surface area (Å²) in [5.41, 5.74) is 6.77. The quantitative estimate of drug-likeness (QED) is 0.462. The number of benzene rings is 2. The monoisotopic (exact) mass is 352 g/mol. The molecular formula is C24H20N2O. The Bertz CT molecular complexity index is 1010. The van der Waals surface area contributed by atoms with Gasteiger partial charge >= 0.3 is 0 Å². The van der Waals surface area contributed by atoms with E-state index in [1.807, 2.05) is 61.9 Å². The molecule has 0 bridgehead atoms. The molecule has 0 atom stereocenters. The van der Waals surface area contributed by atoms with Crippen molar-refractivity contribution in [1.29, 1.82) is 0 Å². The highest BCUT2D eigenvalue weighted by Crippen LogP contribution is 2.32. The first-order valence-electron chi connectivity index (χ1n) is 8.94. The standard InChI is InChI=1S/C24H20N2O/c1-18-6-9-21(26-16-18)17-27-22-10-7-19(8-11-22)23-4-2-3-5-24(23)20-12-14-25-15-13-20/h2-16H,17H2,1H3. The minimum atomic E-state index is 0.466. The van der Waals surface area contributed by atoms with Gasteiger partial charge in [-0.3, -0.25) is 9.97 Å². The lowest BCUT2D eigenvalue weighted by Gasteiger charge is -2.11. The molecule has 4 rings (SSSR count). The van der Waals surface area contributed by atoms with E-state index in [0.29, 0.717) is 6.61 Å². The maximum atomic E-state index is 5.87. The van der Waals surface area contributed by atoms with Crippen LogP contribution in [0.4, 0.5) is 0 Å². The Hall–Kier alpha value is -3.46. The van der Waals surface area contributed by atoms with Crippen LogP contribution in [0.25, 0.3) is 22.3 Å². The van der Waals surface area contributed by atoms with E-state index < -0.39 is 0 Å². The number of hydrogen-bond donors (Lipinski definition) is 0. The molecule has 0 aliphatic heterocycles. The minimum Gasteiger partial charge on any atom is -0.487 e. The molecule has 2 aromatic carbocycles. The highest BCUT2D eigenvalue weighted by atomic mass is 16.5. The third-order valence-electron chi connectivity index (χ3n) is 4.44. The summed E-state index contributed by atoms with van der Waals surface area (Å²) in [6, 6.07) is 24.7. The van der Waals surface area contributed by atoms with Gasteiger partial charge in [0.1, 0.15) is 12.4 Å². The fraction of sp³-hybridized carbons (Fsp3) is 0.0833. The molecule has 4 aromatic rings. The Morgan fingerprint density at radius 3 is 2.04 bits per heavy atom. The van der Waals surface area contributed by atoms with Crippen LogP contribution in [0.5, 0.6) is 5.75 Å². The maximum absolute atomic E-state index is 5.87. The zero-order chi connectivity index (χ0) is 18.5. The lowest BCUT2D eigenvalue weighted by molar-refractivity contribution is 0.301. The van der Waals surface area contributed by atoms with E-state index in [2.05, 4.69) is 46.4 Å². The van der Waals surface area contributed by atoms with E-state index in [9.17, 15) is 0 Å². The maximum Gasteiger partial charge on any atom is 0.130 e. The number of aryl methyl sites for hydroxylation is 1. The van der Waals surface area contributed by atoms with Crippen LogP contribution in [-0.2, 0) is 6.61 Å². The van der Waals surface area contributed by atoms with Gasteiger partial charge in [-0.15, -0.1) is 0 Å². The second-order valence-corrected chi connectivity index (χ2v) is 6.42. The number of pyridine rings is 2. The van der Waals surface area contributed by atoms with Crippen molar-refractivity contribution in [1.82, 2.24) is 9.97 Å². The van der Waals surface area contributed by atoms with Crippen LogP contribution in [0.15, 0.2) is 91.4 Å². The van der Waals surface area contributed by atoms with Gasteiger partial charge < -0.3 is 4.74 Å². The first-order chi connectivity index (χ1) is 13.3. The highest BCUT2D eigenvalue weighted by Gasteiger charge is 2.07. The Balaban J connectivity index is 1.54. The summed E-state index contributed by atoms with van der Waals surface area (Å²) in [6.07, 6.45) is 5.50. The van der Waals surface area contributed by atoms with Crippen molar-refractivity contribution in [3.8, 4) is 28.0 Å². The average molecular weight is 352 g/mol. The molecule has 2 heterocycles. The molecule has 3 heteroatoms. The molecule has 0 aliphatic rings. The first-order valence-corrected chi connectivity index (χ1v) is 8.94. The van der Waals surface area contributed by atoms with Crippen molar-refractivity contribution in [2.75, 3.05) is 0 Å². The topological polar surface area (TPSA) is 35.0 Å². The van der Waals surface area contributed by atoms with Gasteiger partial charge in [0.25, 0.3) is 0 Å². The van der Waals surface area contributed by atoms with Gasteiger partial charge in [-0.2, -0.15) is 0 Å². The van der Waals surface area contributed by atoms with Gasteiger partial charge in [0, 0.05) is 18.6 Å². The van der Waals surface area contributed by atoms with Crippen LogP contribution >= 0.6 is 0 Å². The Morgan fingerprint density at radius 2 is 1.41 bits per heavy atom. The molecule has 132 valence electrons. The summed E-state index contributed by atoms with van der Waals surface area (Å²) in [5, 5.41) is 0. The van der Waals surface area contributed by atoms with Crippen LogP contribution in [0, 0.1) is 6.92 Å². The van der Waals surface area contributed by atoms with E-state index in [-0.39, 0.29) is 0 Å². The molecule has 0 saturated carbocycles. The van der Waals surface area contributed by atoms with E-state index in [1.165, 1.54) is 11.1 Å². The molecular weight excluding hydrogens is 332 g/mol. The predicted octanol–water partition coefficient (Wildman–Crippen LogP) is 5.70. The normalized spacial score (nSPS) is 10.6. The molecule has 0 fully saturated rings. The molecule has 0 unspecified atom stereocenters. The summed E-state index contributed by atoms with van der Waals surface area (Å²) in [5.74, 6) is 0.836. The predicted molar refractivity (Wildman–Crippen MR) is 108 cm³/mol. The molecule has 0 aliphatic carbocycles. The smallest absolute Gasteiger partial charge is 0.130 e. The second kappa shape index (κ2) is 7.83. The van der Waals surface area contributed by atoms with Crippen LogP contribution < -0.4 is 4.74 Å². The number of aromatic nitrogens is 2. The Labute approximate surface area is 159 Å². The van der Waals surface area contributed by atoms with E-state index in [0.717, 1.165) is 28.1 Å². The first kappa shape index (κ1) is 17.0. The highest BCUT2D eigenvalue weighted by molar-refractivity contribution is 5.83. The molecule has 0 saturated heterocycles. The summed E-state index contributed by atoms with van der Waals surface area (Å²) >= 11 is 0. The van der Waals surface area contributed by atoms with Crippen molar-refractivity contribution in [3.63, 3.8) is 0 Å². The number of ether oxygens (including phenoxy) is 1. The minimum absolute atomic E-state index is 0.466. The number of hydrogen-bond acceptors (Lipinski definition) is 3. The fourth-order valence-electron chi connectivity index (χ4n) is 2.99. The van der Waals surface area contributed by atoms with Gasteiger partial charge in [-0.25, -0.2) is 0 Å². The lowest BCUT2D eigenvalue weighted by Crippen LogP contribution is -1.98. The largest absolute Gasteiger partial charge is 0.487 e. The molecule has 0 N–H and O–H groups in total. The molecule has 0 radical (unpaired) electrons. The van der Waals surface area contributed by atoms with E-state index in [1.54, 1.807) is 0 Å². The van der Waals surface area contributed by atoms with Crippen LogP contribution in [0.3, 0.4) is 0 Å². The van der Waals surface area contributed by atoms with Crippen molar-refractivity contribution >= 4 is 0 Å². The summed E-state index contributed by atoms with van der Waals surface area (Å²) in [4.78, 5) is 8.49. The van der Waals surface area contributed by atoms with E-state index in [4.69, 9.17) is 4.74 Å². The summed E-state index contributed by atoms with van der Waals surface area (Å²) < 4.78 is 5.87. The summed E-state index contributed by atoms with van der Waals surface area (Å²) in [7, 11) is 0. The zero-order valence-electron chi connectivity index (χ0n) is 15.2. The average Bonchev–Trinajstić information content (AvgIpc) is 2.74. The third-order valence-corrected chi connectivity index (χ3v) is 4.44. The van der Waals surface area contributed by atoms with Crippen molar-refractivity contribution in [3.05, 3.63) is 103 Å². The van der Waals surface area contributed by atoms with Crippen molar-refractivity contribution in [2.45, 2.75) is 13.5 Å². The molecule has 0 spiro atoms. The number of nitrogens with zero attached hydrogens (tertiary/aromatic N) is 2. The van der Waals surface area contributed by atoms with Gasteiger partial charge in [-0.05, 0) is 65.1 Å². The molecule has 2 aromatic heterocycles. The van der Waals surface area contributed by atoms with Gasteiger partial charge in [0.2, 0.25) is 0 Å². The fourth-order valence-corrected chi connectivity index (χ4v) is 2.99. The van der Waals surface area contributed by atoms with Crippen molar-refractivity contribution < 1.29 is 4.74 Å². The van der Waals surface area contributed by atoms with E-state index >= 15 is 0 Å². The molecule has 3 nitrogen and oxygen atoms in total. The number of rotatable bonds is 5. The van der Waals surface area contributed by atoms with Gasteiger partial charge in [0.15, 0.2) is 0 Å². The van der Waals surface area contributed by atoms with Crippen LogP contribution in [0.2, 0.25) is 0 Å². The zero-order valence-corrected chi connectivity index (χ0v) is 15.2. The van der Waals surface area contributed by atoms with Crippen molar-refractivity contribution in [2.24, 2.45) is 0 Å². The SMILES string of the molecule is Cc1ccc(COc2ccc(-c3ccccc3-c3ccncc3)cc2)nc1. The second-order valence-electron chi connectivity index (χ2n) is 6.42. The molecule has 0 amide bonds. The summed E-state index contributed by atoms with van der Waals surface area (Å²) in [6.45, 7) is 2.49. The van der Waals surface area contributed by atoms with Gasteiger partial charge in [0.05, 0.1) is 5.69 Å². The lowest BCUT2D eigenvalue weighted by atomic mass is 9.95. The Morgan fingerprint density at radius 1 is 0.741 bits per heavy atom.